The number of hydrogen-bond acceptors (Lipinski definition) is 10. The summed E-state index contributed by atoms with van der Waals surface area (Å²) in [6.45, 7) is 5.37. The third-order valence-electron chi connectivity index (χ3n) is 11.4. The van der Waals surface area contributed by atoms with Crippen molar-refractivity contribution in [2.45, 2.75) is 19.0 Å². The summed E-state index contributed by atoms with van der Waals surface area (Å²) >= 11 is 6.55. The largest absolute Gasteiger partial charge is 0.477 e. The SMILES string of the molecule is Cn1c(-c2cn(-c3ccc(NCCO)cn3)nc2C(F)(F)F)cnc1C(=O)Nc1ccc(C(=O)N2CCN(C(=O)C3CC[N+](CC(=O)O)(CC4CNC4)CC3)CC2)c(Cl)c1. The molecule has 17 nitrogen and oxygen atoms in total. The lowest BCUT2D eigenvalue weighted by Crippen LogP contribution is -2.62. The number of anilines is 2. The molecule has 0 spiro atoms. The van der Waals surface area contributed by atoms with Gasteiger partial charge in [0.25, 0.3) is 11.8 Å². The van der Waals surface area contributed by atoms with E-state index in [1.165, 1.54) is 42.1 Å². The smallest absolute Gasteiger partial charge is 0.435 e. The van der Waals surface area contributed by atoms with Crippen molar-refractivity contribution in [1.29, 1.82) is 0 Å². The van der Waals surface area contributed by atoms with Crippen molar-refractivity contribution < 1.29 is 47.0 Å². The fourth-order valence-corrected chi connectivity index (χ4v) is 8.44. The van der Waals surface area contributed by atoms with Crippen LogP contribution in [-0.2, 0) is 22.8 Å². The topological polar surface area (TPSA) is 200 Å². The van der Waals surface area contributed by atoms with Gasteiger partial charge < -0.3 is 45.0 Å². The van der Waals surface area contributed by atoms with Gasteiger partial charge in [0, 0.05) is 89.4 Å². The lowest BCUT2D eigenvalue weighted by molar-refractivity contribution is -0.929. The number of pyridine rings is 1. The number of amides is 3. The highest BCUT2D eigenvalue weighted by atomic mass is 35.5. The number of carbonyl (C=O) groups excluding carboxylic acids is 3. The molecule has 5 N–H and O–H groups in total. The molecule has 0 atom stereocenters. The summed E-state index contributed by atoms with van der Waals surface area (Å²) in [5.41, 5.74) is -0.603. The highest BCUT2D eigenvalue weighted by Crippen LogP contribution is 2.37. The summed E-state index contributed by atoms with van der Waals surface area (Å²) in [4.78, 5) is 63.7. The fourth-order valence-electron chi connectivity index (χ4n) is 8.18. The average Bonchev–Trinajstić information content (AvgIpc) is 3.83. The molecule has 6 heterocycles. The zero-order valence-corrected chi connectivity index (χ0v) is 33.5. The maximum absolute atomic E-state index is 14.2. The van der Waals surface area contributed by atoms with Crippen LogP contribution in [0.5, 0.6) is 0 Å². The molecule has 0 unspecified atom stereocenters. The molecule has 3 aliphatic heterocycles. The normalized spacial score (nSPS) is 19.8. The molecule has 7 rings (SSSR count). The second-order valence-corrected chi connectivity index (χ2v) is 15.9. The summed E-state index contributed by atoms with van der Waals surface area (Å²) in [6, 6.07) is 7.40. The summed E-state index contributed by atoms with van der Waals surface area (Å²) in [5.74, 6) is -1.72. The number of nitrogens with zero attached hydrogens (tertiary/aromatic N) is 8. The molecule has 4 aromatic rings. The first-order valence-electron chi connectivity index (χ1n) is 19.6. The van der Waals surface area contributed by atoms with Gasteiger partial charge in [-0.15, -0.1) is 0 Å². The van der Waals surface area contributed by atoms with Gasteiger partial charge in [0.2, 0.25) is 5.91 Å². The van der Waals surface area contributed by atoms with Gasteiger partial charge in [-0.1, -0.05) is 11.6 Å². The first kappa shape index (κ1) is 42.6. The first-order chi connectivity index (χ1) is 28.6. The molecule has 3 fully saturated rings. The molecule has 21 heteroatoms. The van der Waals surface area contributed by atoms with Crippen molar-refractivity contribution in [3.05, 3.63) is 71.0 Å². The van der Waals surface area contributed by atoms with Crippen LogP contribution in [0.25, 0.3) is 17.1 Å². The minimum atomic E-state index is -4.85. The van der Waals surface area contributed by atoms with Gasteiger partial charge in [-0.25, -0.2) is 19.4 Å². The molecule has 3 saturated heterocycles. The Bertz CT molecular complexity index is 2230. The van der Waals surface area contributed by atoms with Crippen LogP contribution in [0.2, 0.25) is 5.02 Å². The number of carboxylic acids is 1. The number of aromatic nitrogens is 5. The quantitative estimate of drug-likeness (QED) is 0.124. The van der Waals surface area contributed by atoms with Gasteiger partial charge >= 0.3 is 12.1 Å². The van der Waals surface area contributed by atoms with Gasteiger partial charge in [0.15, 0.2) is 23.9 Å². The van der Waals surface area contributed by atoms with Crippen LogP contribution in [0.1, 0.15) is 39.5 Å². The Hall–Kier alpha value is -5.57. The number of halogens is 4. The number of aliphatic hydroxyl groups is 1. The van der Waals surface area contributed by atoms with E-state index in [2.05, 4.69) is 31.0 Å². The van der Waals surface area contributed by atoms with E-state index in [0.29, 0.717) is 68.2 Å². The van der Waals surface area contributed by atoms with Gasteiger partial charge in [0.05, 0.1) is 66.2 Å². The number of piperazine rings is 1. The van der Waals surface area contributed by atoms with Crippen molar-refractivity contribution in [3.63, 3.8) is 0 Å². The first-order valence-corrected chi connectivity index (χ1v) is 20.0. The summed E-state index contributed by atoms with van der Waals surface area (Å²) in [6.07, 6.45) is 0.0797. The van der Waals surface area contributed by atoms with Crippen LogP contribution in [0, 0.1) is 11.8 Å². The maximum Gasteiger partial charge on any atom is 0.435 e. The van der Waals surface area contributed by atoms with Crippen LogP contribution in [0.4, 0.5) is 24.5 Å². The number of nitrogens with one attached hydrogen (secondary N) is 3. The standard InChI is InChI=1S/C39H45ClF3N11O6/c1-50-31(29-21-53(49-34(29)39(41,42)43)32-5-3-27(19-46-32)45-8-15-55)20-47-35(50)36(58)48-26-2-4-28(30(40)16-26)38(60)52-11-9-51(10-12-52)37(59)25-6-13-54(14-7-25,23-33(56)57)22-24-17-44-18-24/h2-5,16,19-21,24-25,44-45,55H,6-15,17-18,22-23H2,1H3,(H-,48,56,57,58,60)/p+1. The van der Waals surface area contributed by atoms with Crippen LogP contribution in [0.15, 0.2) is 48.9 Å². The van der Waals surface area contributed by atoms with Crippen molar-refractivity contribution in [1.82, 2.24) is 39.4 Å². The van der Waals surface area contributed by atoms with Crippen molar-refractivity contribution in [3.8, 4) is 17.1 Å². The van der Waals surface area contributed by atoms with Gasteiger partial charge in [0.1, 0.15) is 0 Å². The average molecular weight is 857 g/mol. The third kappa shape index (κ3) is 9.25. The van der Waals surface area contributed by atoms with E-state index in [0.717, 1.165) is 36.7 Å². The number of hydrogen-bond donors (Lipinski definition) is 5. The number of aliphatic carboxylic acids is 1. The van der Waals surface area contributed by atoms with Gasteiger partial charge in [-0.05, 0) is 30.3 Å². The lowest BCUT2D eigenvalue weighted by Gasteiger charge is -2.46. The van der Waals surface area contributed by atoms with Crippen molar-refractivity contribution >= 4 is 46.7 Å². The summed E-state index contributed by atoms with van der Waals surface area (Å²) in [7, 11) is 1.40. The molecule has 320 valence electrons. The number of alkyl halides is 3. The Morgan fingerprint density at radius 1 is 0.983 bits per heavy atom. The molecule has 0 radical (unpaired) electrons. The predicted octanol–water partition coefficient (Wildman–Crippen LogP) is 2.81. The zero-order chi connectivity index (χ0) is 42.8. The molecule has 0 bridgehead atoms. The van der Waals surface area contributed by atoms with E-state index in [9.17, 15) is 37.5 Å². The number of aliphatic hydroxyl groups excluding tert-OH is 1. The Morgan fingerprint density at radius 3 is 2.28 bits per heavy atom. The Morgan fingerprint density at radius 2 is 1.68 bits per heavy atom. The molecule has 3 amide bonds. The number of benzene rings is 1. The Labute approximate surface area is 347 Å². The van der Waals surface area contributed by atoms with E-state index >= 15 is 0 Å². The summed E-state index contributed by atoms with van der Waals surface area (Å²) < 4.78 is 45.3. The molecule has 3 aliphatic rings. The number of quaternary nitrogens is 1. The monoisotopic (exact) mass is 856 g/mol. The number of imidazole rings is 1. The second-order valence-electron chi connectivity index (χ2n) is 15.5. The molecular formula is C39H46ClF3N11O6+. The molecule has 0 saturated carbocycles. The highest BCUT2D eigenvalue weighted by molar-refractivity contribution is 6.34. The minimum absolute atomic E-state index is 0.0292. The maximum atomic E-state index is 14.2. The number of carboxylic acid groups (broad SMARTS) is 1. The van der Waals surface area contributed by atoms with E-state index in [4.69, 9.17) is 16.7 Å². The number of piperidine rings is 1. The number of likely N-dealkylation sites (tertiary alicyclic amines) is 1. The van der Waals surface area contributed by atoms with Crippen LogP contribution in [-0.4, -0.2) is 151 Å². The van der Waals surface area contributed by atoms with Gasteiger partial charge in [-0.2, -0.15) is 18.3 Å². The van der Waals surface area contributed by atoms with E-state index in [1.807, 2.05) is 0 Å². The third-order valence-corrected chi connectivity index (χ3v) is 11.8. The van der Waals surface area contributed by atoms with E-state index < -0.39 is 23.7 Å². The Balaban J connectivity index is 0.954. The molecule has 0 aliphatic carbocycles. The predicted molar refractivity (Wildman–Crippen MR) is 212 cm³/mol. The highest BCUT2D eigenvalue weighted by Gasteiger charge is 2.42. The molecular weight excluding hydrogens is 811 g/mol. The Kier molecular flexibility index (Phi) is 12.5. The van der Waals surface area contributed by atoms with Crippen molar-refractivity contribution in [2.24, 2.45) is 18.9 Å². The van der Waals surface area contributed by atoms with Crippen LogP contribution >= 0.6 is 11.6 Å². The van der Waals surface area contributed by atoms with Crippen LogP contribution in [0.3, 0.4) is 0 Å². The zero-order valence-electron chi connectivity index (χ0n) is 32.8. The number of carbonyl (C=O) groups is 4. The number of rotatable bonds is 13. The molecule has 3 aromatic heterocycles. The molecule has 60 heavy (non-hydrogen) atoms. The lowest BCUT2D eigenvalue weighted by atomic mass is 9.90. The van der Waals surface area contributed by atoms with E-state index in [1.54, 1.807) is 15.9 Å². The van der Waals surface area contributed by atoms with Crippen LogP contribution < -0.4 is 16.0 Å². The fraction of sp³-hybridized carbons (Fsp3) is 0.462. The second kappa shape index (κ2) is 17.6. The molecule has 1 aromatic carbocycles. The van der Waals surface area contributed by atoms with Crippen molar-refractivity contribution in [2.75, 3.05) is 89.2 Å². The van der Waals surface area contributed by atoms with E-state index in [-0.39, 0.29) is 76.6 Å². The minimum Gasteiger partial charge on any atom is -0.477 e. The van der Waals surface area contributed by atoms with Gasteiger partial charge in [-0.3, -0.25) is 14.4 Å². The summed E-state index contributed by atoms with van der Waals surface area (Å²) in [5, 5.41) is 31.2.